The molecule has 1 rings (SSSR count). The van der Waals surface area contributed by atoms with Crippen molar-refractivity contribution in [2.75, 3.05) is 13.6 Å². The zero-order valence-electron chi connectivity index (χ0n) is 12.8. The van der Waals surface area contributed by atoms with Crippen molar-refractivity contribution < 1.29 is 9.13 Å². The molecule has 0 heterocycles. The van der Waals surface area contributed by atoms with Gasteiger partial charge in [-0.3, -0.25) is 4.99 Å². The van der Waals surface area contributed by atoms with Crippen LogP contribution in [0.1, 0.15) is 27.7 Å². The third-order valence-corrected chi connectivity index (χ3v) is 2.42. The van der Waals surface area contributed by atoms with E-state index in [4.69, 9.17) is 4.74 Å². The molecule has 0 fully saturated rings. The highest BCUT2D eigenvalue weighted by Gasteiger charge is 2.12. The second-order valence-electron chi connectivity index (χ2n) is 5.71. The summed E-state index contributed by atoms with van der Waals surface area (Å²) in [7, 11) is 1.73. The fourth-order valence-electron chi connectivity index (χ4n) is 1.56. The van der Waals surface area contributed by atoms with Crippen LogP contribution in [0.5, 0.6) is 5.75 Å². The van der Waals surface area contributed by atoms with Gasteiger partial charge in [0.25, 0.3) is 0 Å². The quantitative estimate of drug-likeness (QED) is 0.658. The first-order valence-corrected chi connectivity index (χ1v) is 6.71. The van der Waals surface area contributed by atoms with E-state index in [2.05, 4.69) is 36.4 Å². The molecule has 0 saturated heterocycles. The molecule has 0 saturated carbocycles. The second-order valence-corrected chi connectivity index (χ2v) is 5.71. The Morgan fingerprint density at radius 2 is 1.90 bits per heavy atom. The van der Waals surface area contributed by atoms with Crippen LogP contribution < -0.4 is 15.4 Å². The number of nitrogens with one attached hydrogen (secondary N) is 2. The van der Waals surface area contributed by atoms with Gasteiger partial charge in [0.05, 0.1) is 6.54 Å². The van der Waals surface area contributed by atoms with Gasteiger partial charge in [-0.25, -0.2) is 4.39 Å². The summed E-state index contributed by atoms with van der Waals surface area (Å²) in [5.74, 6) is 1.12. The summed E-state index contributed by atoms with van der Waals surface area (Å²) in [6.07, 6.45) is -0.0565. The van der Waals surface area contributed by atoms with E-state index in [0.29, 0.717) is 12.3 Å². The van der Waals surface area contributed by atoms with Gasteiger partial charge in [0.2, 0.25) is 0 Å². The number of rotatable bonds is 4. The minimum absolute atomic E-state index is 0.0527. The van der Waals surface area contributed by atoms with Crippen LogP contribution in [0.15, 0.2) is 29.3 Å². The van der Waals surface area contributed by atoms with E-state index in [1.54, 1.807) is 19.2 Å². The van der Waals surface area contributed by atoms with Gasteiger partial charge in [0.15, 0.2) is 5.96 Å². The Kier molecular flexibility index (Phi) is 5.80. The number of halogens is 1. The maximum atomic E-state index is 12.8. The van der Waals surface area contributed by atoms with E-state index >= 15 is 0 Å². The third-order valence-electron chi connectivity index (χ3n) is 2.42. The molecule has 0 aliphatic heterocycles. The van der Waals surface area contributed by atoms with Gasteiger partial charge in [-0.2, -0.15) is 0 Å². The number of hydrogen-bond donors (Lipinski definition) is 2. The lowest BCUT2D eigenvalue weighted by Gasteiger charge is -2.25. The summed E-state index contributed by atoms with van der Waals surface area (Å²) < 4.78 is 18.5. The summed E-state index contributed by atoms with van der Waals surface area (Å²) in [4.78, 5) is 4.15. The largest absolute Gasteiger partial charge is 0.489 e. The molecule has 5 heteroatoms. The average Bonchev–Trinajstić information content (AvgIpc) is 2.36. The first-order valence-electron chi connectivity index (χ1n) is 6.71. The molecule has 0 radical (unpaired) electrons. The number of aliphatic imine (C=N–C) groups is 1. The summed E-state index contributed by atoms with van der Waals surface area (Å²) in [5.41, 5.74) is -0.0527. The van der Waals surface area contributed by atoms with Crippen LogP contribution in [0, 0.1) is 5.82 Å². The number of guanidine groups is 1. The lowest BCUT2D eigenvalue weighted by atomic mass is 10.1. The predicted octanol–water partition coefficient (Wildman–Crippen LogP) is 2.56. The number of benzene rings is 1. The molecule has 0 aliphatic rings. The van der Waals surface area contributed by atoms with Gasteiger partial charge in [-0.15, -0.1) is 0 Å². The Hall–Kier alpha value is -1.78. The Morgan fingerprint density at radius 3 is 2.40 bits per heavy atom. The van der Waals surface area contributed by atoms with Crippen LogP contribution in [0.4, 0.5) is 4.39 Å². The first-order chi connectivity index (χ1) is 9.30. The minimum Gasteiger partial charge on any atom is -0.489 e. The zero-order valence-corrected chi connectivity index (χ0v) is 12.8. The smallest absolute Gasteiger partial charge is 0.191 e. The fraction of sp³-hybridized carbons (Fsp3) is 0.533. The molecule has 1 aromatic rings. The Bertz CT molecular complexity index is 437. The van der Waals surface area contributed by atoms with Crippen molar-refractivity contribution in [1.29, 1.82) is 0 Å². The molecular formula is C15H24FN3O. The van der Waals surface area contributed by atoms with E-state index in [1.807, 2.05) is 6.92 Å². The average molecular weight is 281 g/mol. The molecule has 0 amide bonds. The molecule has 0 spiro atoms. The molecule has 0 bridgehead atoms. The van der Waals surface area contributed by atoms with Crippen LogP contribution in [0.2, 0.25) is 0 Å². The summed E-state index contributed by atoms with van der Waals surface area (Å²) in [6, 6.07) is 6.01. The van der Waals surface area contributed by atoms with Crippen molar-refractivity contribution in [2.24, 2.45) is 4.99 Å². The predicted molar refractivity (Wildman–Crippen MR) is 80.7 cm³/mol. The Balaban J connectivity index is 2.42. The maximum Gasteiger partial charge on any atom is 0.191 e. The molecule has 1 aromatic carbocycles. The van der Waals surface area contributed by atoms with Gasteiger partial charge >= 0.3 is 0 Å². The standard InChI is InChI=1S/C15H24FN3O/c1-11(20-13-8-6-12(16)7-9-13)10-18-14(17-5)19-15(2,3)4/h6-9,11H,10H2,1-5H3,(H2,17,18,19). The normalized spacial score (nSPS) is 13.8. The number of nitrogens with zero attached hydrogens (tertiary/aromatic N) is 1. The molecule has 1 unspecified atom stereocenters. The highest BCUT2D eigenvalue weighted by molar-refractivity contribution is 5.80. The summed E-state index contributed by atoms with van der Waals surface area (Å²) in [6.45, 7) is 8.75. The van der Waals surface area contributed by atoms with Gasteiger partial charge < -0.3 is 15.4 Å². The molecule has 0 aromatic heterocycles. The van der Waals surface area contributed by atoms with Crippen LogP contribution in [-0.4, -0.2) is 31.2 Å². The Morgan fingerprint density at radius 1 is 1.30 bits per heavy atom. The molecular weight excluding hydrogens is 257 g/mol. The fourth-order valence-corrected chi connectivity index (χ4v) is 1.56. The van der Waals surface area contributed by atoms with Gasteiger partial charge in [0.1, 0.15) is 17.7 Å². The summed E-state index contributed by atoms with van der Waals surface area (Å²) >= 11 is 0. The SMILES string of the molecule is CN=C(NCC(C)Oc1ccc(F)cc1)NC(C)(C)C. The van der Waals surface area contributed by atoms with Gasteiger partial charge in [-0.1, -0.05) is 0 Å². The van der Waals surface area contributed by atoms with Gasteiger partial charge in [0, 0.05) is 12.6 Å². The highest BCUT2D eigenvalue weighted by atomic mass is 19.1. The van der Waals surface area contributed by atoms with Crippen LogP contribution in [0.3, 0.4) is 0 Å². The van der Waals surface area contributed by atoms with Crippen molar-refractivity contribution in [3.8, 4) is 5.75 Å². The van der Waals surface area contributed by atoms with E-state index in [-0.39, 0.29) is 17.5 Å². The third kappa shape index (κ3) is 6.41. The van der Waals surface area contributed by atoms with Crippen LogP contribution in [-0.2, 0) is 0 Å². The van der Waals surface area contributed by atoms with E-state index < -0.39 is 0 Å². The Labute approximate surface area is 120 Å². The van der Waals surface area contributed by atoms with Crippen LogP contribution >= 0.6 is 0 Å². The van der Waals surface area contributed by atoms with Crippen molar-refractivity contribution >= 4 is 5.96 Å². The van der Waals surface area contributed by atoms with Crippen molar-refractivity contribution in [3.05, 3.63) is 30.1 Å². The van der Waals surface area contributed by atoms with Gasteiger partial charge in [-0.05, 0) is 52.0 Å². The van der Waals surface area contributed by atoms with E-state index in [1.165, 1.54) is 12.1 Å². The molecule has 1 atom stereocenters. The van der Waals surface area contributed by atoms with E-state index in [0.717, 1.165) is 5.96 Å². The lowest BCUT2D eigenvalue weighted by Crippen LogP contribution is -2.49. The van der Waals surface area contributed by atoms with Crippen LogP contribution in [0.25, 0.3) is 0 Å². The molecule has 0 aliphatic carbocycles. The molecule has 2 N–H and O–H groups in total. The van der Waals surface area contributed by atoms with E-state index in [9.17, 15) is 4.39 Å². The number of hydrogen-bond acceptors (Lipinski definition) is 2. The van der Waals surface area contributed by atoms with Crippen molar-refractivity contribution in [2.45, 2.75) is 39.3 Å². The molecule has 4 nitrogen and oxygen atoms in total. The second kappa shape index (κ2) is 7.12. The zero-order chi connectivity index (χ0) is 15.2. The number of ether oxygens (including phenoxy) is 1. The minimum atomic E-state index is -0.266. The summed E-state index contributed by atoms with van der Waals surface area (Å²) in [5, 5.41) is 6.46. The van der Waals surface area contributed by atoms with Crippen molar-refractivity contribution in [3.63, 3.8) is 0 Å². The lowest BCUT2D eigenvalue weighted by molar-refractivity contribution is 0.223. The topological polar surface area (TPSA) is 45.7 Å². The highest BCUT2D eigenvalue weighted by Crippen LogP contribution is 2.12. The monoisotopic (exact) mass is 281 g/mol. The van der Waals surface area contributed by atoms with Crippen molar-refractivity contribution in [1.82, 2.24) is 10.6 Å². The molecule has 112 valence electrons. The first kappa shape index (κ1) is 16.3. The molecule has 20 heavy (non-hydrogen) atoms. The maximum absolute atomic E-state index is 12.8.